The molecule has 0 bridgehead atoms. The molecule has 2 aromatic carbocycles. The van der Waals surface area contributed by atoms with Crippen LogP contribution in [0.2, 0.25) is 0 Å². The van der Waals surface area contributed by atoms with Gasteiger partial charge in [0.1, 0.15) is 11.6 Å². The number of aryl methyl sites for hydroxylation is 2. The average Bonchev–Trinajstić information content (AvgIpc) is 3.21. The lowest BCUT2D eigenvalue weighted by atomic mass is 9.87. The zero-order valence-corrected chi connectivity index (χ0v) is 23.1. The highest BCUT2D eigenvalue weighted by atomic mass is 32.2. The number of benzene rings is 2. The minimum Gasteiger partial charge on any atom is -0.327 e. The van der Waals surface area contributed by atoms with E-state index in [-0.39, 0.29) is 4.90 Å². The Morgan fingerprint density at radius 1 is 1.03 bits per heavy atom. The maximum atomic E-state index is 14.5. The van der Waals surface area contributed by atoms with Gasteiger partial charge in [0.25, 0.3) is 0 Å². The van der Waals surface area contributed by atoms with Crippen molar-refractivity contribution < 1.29 is 8.60 Å². The van der Waals surface area contributed by atoms with Crippen molar-refractivity contribution in [1.29, 1.82) is 0 Å². The number of aromatic nitrogens is 2. The molecule has 2 saturated heterocycles. The van der Waals surface area contributed by atoms with Crippen LogP contribution in [0.1, 0.15) is 56.6 Å². The largest absolute Gasteiger partial charge is 0.327 e. The molecule has 2 fully saturated rings. The molecular weight excluding hydrogens is 471 g/mol. The highest BCUT2D eigenvalue weighted by Crippen LogP contribution is 2.35. The number of likely N-dealkylation sites (tertiary alicyclic amines) is 2. The molecule has 5 nitrogen and oxygen atoms in total. The van der Waals surface area contributed by atoms with Gasteiger partial charge in [-0.2, -0.15) is 0 Å². The SMILES string of the molecule is Cc1cc(C2CCN(C3CCN(C(C)C)CC3)CC2)cc2c1nc(-c1ccc(S(C)=O)c(F)c1)n2C. The topological polar surface area (TPSA) is 41.4 Å². The smallest absolute Gasteiger partial charge is 0.140 e. The van der Waals surface area contributed by atoms with Gasteiger partial charge in [-0.1, -0.05) is 6.07 Å². The summed E-state index contributed by atoms with van der Waals surface area (Å²) in [6.07, 6.45) is 6.47. The first-order valence-electron chi connectivity index (χ1n) is 13.3. The molecule has 1 atom stereocenters. The van der Waals surface area contributed by atoms with E-state index in [0.717, 1.165) is 22.9 Å². The quantitative estimate of drug-likeness (QED) is 0.456. The van der Waals surface area contributed by atoms with Crippen LogP contribution in [0.15, 0.2) is 35.2 Å². The summed E-state index contributed by atoms with van der Waals surface area (Å²) in [5, 5.41) is 0. The van der Waals surface area contributed by atoms with E-state index in [1.807, 2.05) is 13.1 Å². The Balaban J connectivity index is 1.33. The van der Waals surface area contributed by atoms with E-state index in [1.54, 1.807) is 6.07 Å². The van der Waals surface area contributed by atoms with E-state index in [1.165, 1.54) is 75.3 Å². The third-order valence-corrected chi connectivity index (χ3v) is 9.40. The number of piperidine rings is 2. The van der Waals surface area contributed by atoms with Crippen molar-refractivity contribution in [2.24, 2.45) is 7.05 Å². The number of fused-ring (bicyclic) bond motifs is 1. The van der Waals surface area contributed by atoms with Crippen molar-refractivity contribution >= 4 is 21.8 Å². The van der Waals surface area contributed by atoms with Gasteiger partial charge in [0.05, 0.1) is 26.7 Å². The van der Waals surface area contributed by atoms with Gasteiger partial charge in [0.15, 0.2) is 0 Å². The monoisotopic (exact) mass is 510 g/mol. The van der Waals surface area contributed by atoms with Crippen LogP contribution in [0, 0.1) is 12.7 Å². The molecule has 1 unspecified atom stereocenters. The molecule has 5 rings (SSSR count). The second kappa shape index (κ2) is 10.3. The summed E-state index contributed by atoms with van der Waals surface area (Å²) >= 11 is 0. The molecule has 0 aliphatic carbocycles. The highest BCUT2D eigenvalue weighted by Gasteiger charge is 2.29. The molecule has 1 aromatic heterocycles. The fourth-order valence-electron chi connectivity index (χ4n) is 6.22. The number of nitrogens with zero attached hydrogens (tertiary/aromatic N) is 4. The first-order chi connectivity index (χ1) is 17.2. The minimum atomic E-state index is -1.35. The summed E-state index contributed by atoms with van der Waals surface area (Å²) in [6.45, 7) is 11.5. The Bertz CT molecular complexity index is 1270. The Morgan fingerprint density at radius 3 is 2.33 bits per heavy atom. The Labute approximate surface area is 217 Å². The molecule has 194 valence electrons. The molecule has 0 radical (unpaired) electrons. The van der Waals surface area contributed by atoms with Gasteiger partial charge in [-0.25, -0.2) is 9.37 Å². The molecule has 0 spiro atoms. The molecule has 7 heteroatoms. The summed E-state index contributed by atoms with van der Waals surface area (Å²) in [5.74, 6) is 0.856. The standard InChI is InChI=1S/C29H39FN4OS/c1-19(2)33-14-10-24(11-15-33)34-12-8-21(9-13-34)23-16-20(3)28-26(18-23)32(4)29(31-28)22-6-7-27(36(5)35)25(30)17-22/h6-7,16-19,21,24H,8-15H2,1-5H3. The summed E-state index contributed by atoms with van der Waals surface area (Å²) in [7, 11) is 0.653. The second-order valence-electron chi connectivity index (χ2n) is 11.0. The Kier molecular flexibility index (Phi) is 7.34. The van der Waals surface area contributed by atoms with E-state index in [4.69, 9.17) is 4.98 Å². The van der Waals surface area contributed by atoms with E-state index < -0.39 is 16.6 Å². The zero-order valence-electron chi connectivity index (χ0n) is 22.3. The predicted octanol–water partition coefficient (Wildman–Crippen LogP) is 5.48. The number of halogens is 1. The molecule has 3 heterocycles. The molecule has 3 aromatic rings. The fourth-order valence-corrected chi connectivity index (χ4v) is 6.81. The van der Waals surface area contributed by atoms with Gasteiger partial charge in [0.2, 0.25) is 0 Å². The van der Waals surface area contributed by atoms with E-state index in [0.29, 0.717) is 17.5 Å². The maximum Gasteiger partial charge on any atom is 0.140 e. The van der Waals surface area contributed by atoms with Crippen LogP contribution in [0.3, 0.4) is 0 Å². The zero-order chi connectivity index (χ0) is 25.6. The summed E-state index contributed by atoms with van der Waals surface area (Å²) in [6, 6.07) is 10.9. The number of imidazole rings is 1. The van der Waals surface area contributed by atoms with Gasteiger partial charge < -0.3 is 14.4 Å². The van der Waals surface area contributed by atoms with Gasteiger partial charge in [-0.3, -0.25) is 4.21 Å². The Hall–Kier alpha value is -2.09. The van der Waals surface area contributed by atoms with Crippen molar-refractivity contribution in [2.45, 2.75) is 69.4 Å². The fraction of sp³-hybridized carbons (Fsp3) is 0.552. The lowest BCUT2D eigenvalue weighted by molar-refractivity contribution is 0.0753. The molecule has 36 heavy (non-hydrogen) atoms. The lowest BCUT2D eigenvalue weighted by Crippen LogP contribution is -2.48. The third-order valence-electron chi connectivity index (χ3n) is 8.45. The van der Waals surface area contributed by atoms with Crippen molar-refractivity contribution in [1.82, 2.24) is 19.4 Å². The van der Waals surface area contributed by atoms with Gasteiger partial charge in [0, 0.05) is 31.0 Å². The molecule has 2 aliphatic rings. The van der Waals surface area contributed by atoms with Crippen LogP contribution in [-0.4, -0.2) is 68.1 Å². The molecule has 0 amide bonds. The van der Waals surface area contributed by atoms with Crippen LogP contribution in [-0.2, 0) is 17.8 Å². The first kappa shape index (κ1) is 25.6. The van der Waals surface area contributed by atoms with Crippen LogP contribution >= 0.6 is 0 Å². The lowest BCUT2D eigenvalue weighted by Gasteiger charge is -2.43. The van der Waals surface area contributed by atoms with Crippen molar-refractivity contribution in [3.8, 4) is 11.4 Å². The average molecular weight is 511 g/mol. The summed E-state index contributed by atoms with van der Waals surface area (Å²) in [4.78, 5) is 10.5. The van der Waals surface area contributed by atoms with E-state index in [2.05, 4.69) is 47.3 Å². The number of hydrogen-bond donors (Lipinski definition) is 0. The van der Waals surface area contributed by atoms with Gasteiger partial charge in [-0.05, 0) is 114 Å². The molecule has 2 aliphatic heterocycles. The third kappa shape index (κ3) is 4.90. The second-order valence-corrected chi connectivity index (χ2v) is 12.3. The normalized spacial score (nSPS) is 20.0. The van der Waals surface area contributed by atoms with Crippen molar-refractivity contribution in [3.63, 3.8) is 0 Å². The van der Waals surface area contributed by atoms with Crippen molar-refractivity contribution in [2.75, 3.05) is 32.4 Å². The highest BCUT2D eigenvalue weighted by molar-refractivity contribution is 7.84. The molecule has 0 N–H and O–H groups in total. The maximum absolute atomic E-state index is 14.5. The van der Waals surface area contributed by atoms with Crippen LogP contribution < -0.4 is 0 Å². The number of hydrogen-bond acceptors (Lipinski definition) is 4. The molecular formula is C29H39FN4OS. The Morgan fingerprint density at radius 2 is 1.72 bits per heavy atom. The number of rotatable bonds is 5. The minimum absolute atomic E-state index is 0.229. The summed E-state index contributed by atoms with van der Waals surface area (Å²) in [5.41, 5.74) is 5.32. The predicted molar refractivity (Wildman–Crippen MR) is 146 cm³/mol. The van der Waals surface area contributed by atoms with Crippen molar-refractivity contribution in [3.05, 3.63) is 47.3 Å². The van der Waals surface area contributed by atoms with Gasteiger partial charge in [-0.15, -0.1) is 0 Å². The van der Waals surface area contributed by atoms with Crippen LogP contribution in [0.5, 0.6) is 0 Å². The van der Waals surface area contributed by atoms with Crippen LogP contribution in [0.25, 0.3) is 22.4 Å². The summed E-state index contributed by atoms with van der Waals surface area (Å²) < 4.78 is 28.4. The van der Waals surface area contributed by atoms with Crippen LogP contribution in [0.4, 0.5) is 4.39 Å². The van der Waals surface area contributed by atoms with Gasteiger partial charge >= 0.3 is 0 Å². The van der Waals surface area contributed by atoms with E-state index >= 15 is 0 Å². The molecule has 0 saturated carbocycles. The first-order valence-corrected chi connectivity index (χ1v) is 14.9. The van der Waals surface area contributed by atoms with E-state index in [9.17, 15) is 8.60 Å².